The van der Waals surface area contributed by atoms with Crippen LogP contribution in [0.2, 0.25) is 0 Å². The second-order valence-corrected chi connectivity index (χ2v) is 33.4. The van der Waals surface area contributed by atoms with Crippen LogP contribution >= 0.6 is 61.1 Å². The summed E-state index contributed by atoms with van der Waals surface area (Å²) in [6.45, 7) is -3.02. The molecular formula is C59H99N5O52S8. The number of amides is 5. The number of ether oxygens (including phenoxy) is 16. The number of fused-ring (bicyclic) bond motifs is 1. The number of carbonyl (C=O) groups excluding carboxylic acids is 4. The zero-order valence-corrected chi connectivity index (χ0v) is 72.8. The Morgan fingerprint density at radius 2 is 0.790 bits per heavy atom. The molecule has 7 rings (SSSR count). The van der Waals surface area contributed by atoms with E-state index in [1.54, 1.807) is 0 Å². The van der Waals surface area contributed by atoms with Crippen LogP contribution in [0.15, 0.2) is 0 Å². The Labute approximate surface area is 728 Å². The van der Waals surface area contributed by atoms with Crippen LogP contribution in [0.25, 0.3) is 0 Å². The van der Waals surface area contributed by atoms with E-state index in [4.69, 9.17) is 107 Å². The van der Waals surface area contributed by atoms with Gasteiger partial charge in [-0.05, 0) is 38.5 Å². The molecule has 65 heteroatoms. The average Bonchev–Trinajstić information content (AvgIpc) is 0.937. The average molecular weight is 1970 g/mol. The third-order valence-electron chi connectivity index (χ3n) is 19.5. The van der Waals surface area contributed by atoms with E-state index in [0.29, 0.717) is 56.7 Å². The van der Waals surface area contributed by atoms with Gasteiger partial charge in [0.25, 0.3) is 0 Å². The second kappa shape index (κ2) is 54.6. The first kappa shape index (κ1) is 108. The lowest BCUT2D eigenvalue weighted by Gasteiger charge is -2.51. The Hall–Kier alpha value is -3.30. The molecule has 0 aromatic carbocycles. The molecule has 7 aliphatic heterocycles. The maximum Gasteiger partial charge on any atom is 0.397 e. The predicted octanol–water partition coefficient (Wildman–Crippen LogP) is -1.44. The van der Waals surface area contributed by atoms with Crippen LogP contribution in [0.3, 0.4) is 0 Å². The van der Waals surface area contributed by atoms with Crippen molar-refractivity contribution < 1.29 is 241 Å². The van der Waals surface area contributed by atoms with Gasteiger partial charge in [-0.3, -0.25) is 44.8 Å². The van der Waals surface area contributed by atoms with Crippen molar-refractivity contribution >= 4 is 128 Å². The molecule has 0 aromatic rings. The number of carboxylic acid groups (broad SMARTS) is 2. The zero-order chi connectivity index (χ0) is 90.8. The molecule has 0 bridgehead atoms. The summed E-state index contributed by atoms with van der Waals surface area (Å²) < 4.78 is 252. The van der Waals surface area contributed by atoms with Crippen molar-refractivity contribution in [3.63, 3.8) is 0 Å². The van der Waals surface area contributed by atoms with Crippen molar-refractivity contribution in [2.24, 2.45) is 0 Å². The molecular weight excluding hydrogens is 1870 g/mol. The van der Waals surface area contributed by atoms with Gasteiger partial charge < -0.3 is 113 Å². The first-order chi connectivity index (χ1) is 59.2. The highest BCUT2D eigenvalue weighted by atomic mass is 32.3. The quantitative estimate of drug-likeness (QED) is 0.00828. The van der Waals surface area contributed by atoms with Gasteiger partial charge in [0.05, 0.1) is 31.9 Å². The van der Waals surface area contributed by atoms with Crippen LogP contribution in [0.4, 0.5) is 4.79 Å². The smallest absolute Gasteiger partial charge is 0.397 e. The van der Waals surface area contributed by atoms with Crippen LogP contribution in [-0.2, 0) is 198 Å². The highest BCUT2D eigenvalue weighted by Gasteiger charge is 2.62. The summed E-state index contributed by atoms with van der Waals surface area (Å²) in [6, 6.07) is -1.48. The molecule has 0 radical (unpaired) electrons. The second-order valence-electron chi connectivity index (χ2n) is 27.0. The first-order valence-electron chi connectivity index (χ1n) is 36.9. The van der Waals surface area contributed by atoms with E-state index < -0.39 is 222 Å². The van der Waals surface area contributed by atoms with Gasteiger partial charge in [-0.15, -0.1) is 17.3 Å². The number of aliphatic carboxylic acids is 2. The van der Waals surface area contributed by atoms with E-state index in [2.05, 4.69) is 72.4 Å². The molecule has 13 unspecified atom stereocenters. The number of unbranched alkanes of at least 4 members (excludes halogenated alkanes) is 5. The Bertz CT molecular complexity index is 3580. The number of hydrogen-bond acceptors (Lipinski definition) is 52. The fraction of sp³-hybridized carbons (Fsp3) is 0.898. The lowest BCUT2D eigenvalue weighted by molar-refractivity contribution is -0.437. The Kier molecular flexibility index (Phi) is 47.5. The molecule has 28 atom stereocenters. The first-order valence-corrected chi connectivity index (χ1v) is 44.7. The van der Waals surface area contributed by atoms with Crippen LogP contribution < -0.4 is 26.6 Å². The number of urea groups is 1. The van der Waals surface area contributed by atoms with E-state index in [0.717, 1.165) is 68.4 Å². The van der Waals surface area contributed by atoms with Crippen molar-refractivity contribution in [3.05, 3.63) is 0 Å². The van der Waals surface area contributed by atoms with Crippen LogP contribution in [-0.4, -0.2) is 365 Å². The normalized spacial score (nSPS) is 33.5. The fourth-order valence-corrected chi connectivity index (χ4v) is 18.1. The number of carbonyl (C=O) groups is 6. The monoisotopic (exact) mass is 1970 g/mol. The summed E-state index contributed by atoms with van der Waals surface area (Å²) in [7, 11) is -8.99. The minimum atomic E-state index is -5.61. The third-order valence-corrected chi connectivity index (χ3v) is 24.0. The van der Waals surface area contributed by atoms with E-state index in [1.807, 2.05) is 11.8 Å². The molecule has 57 nitrogen and oxygen atoms in total. The summed E-state index contributed by atoms with van der Waals surface area (Å²) in [5.41, 5.74) is 0. The molecule has 0 aliphatic carbocycles. The third kappa shape index (κ3) is 33.2. The summed E-state index contributed by atoms with van der Waals surface area (Å²) in [6.07, 6.45) is -42.5. The Morgan fingerprint density at radius 3 is 1.20 bits per heavy atom. The lowest BCUT2D eigenvalue weighted by Crippen LogP contribution is -2.70. The van der Waals surface area contributed by atoms with Crippen molar-refractivity contribution in [2.45, 2.75) is 248 Å². The van der Waals surface area contributed by atoms with Gasteiger partial charge in [0.15, 0.2) is 105 Å². The largest absolute Gasteiger partial charge is 0.479 e. The van der Waals surface area contributed by atoms with Gasteiger partial charge in [-0.25, -0.2) is 48.0 Å². The van der Waals surface area contributed by atoms with Crippen molar-refractivity contribution in [1.82, 2.24) is 26.6 Å². The van der Waals surface area contributed by atoms with Gasteiger partial charge in [-0.2, -0.15) is 37.0 Å². The topological polar surface area (TPSA) is 733 Å². The number of rotatable bonds is 60. The lowest BCUT2D eigenvalue weighted by atomic mass is 9.94. The maximum atomic E-state index is 14.1. The van der Waals surface area contributed by atoms with Crippen molar-refractivity contribution in [3.8, 4) is 0 Å². The van der Waals surface area contributed by atoms with E-state index in [-0.39, 0.29) is 105 Å². The van der Waals surface area contributed by atoms with E-state index in [9.17, 15) is 88.4 Å². The van der Waals surface area contributed by atoms with Gasteiger partial charge in [-0.1, -0.05) is 39.4 Å². The number of thioether (sulfide) groups is 1. The molecule has 0 aromatic heterocycles. The number of carboxylic acids is 2. The van der Waals surface area contributed by atoms with Crippen molar-refractivity contribution in [1.29, 1.82) is 0 Å². The van der Waals surface area contributed by atoms with Gasteiger partial charge in [0.2, 0.25) is 17.7 Å². The SMILES string of the molecule is COC1C(OC)[C@H](O[C@H]2O[C@H](COS(=O)(=O)O)[C@@H](O[C@@H]3OC(C(=O)O)[C@H](O[C@@H]4OC(COS(=O)(=O)O)[C@H](OC)[C@H](OC)C4NC(=O)CCCCCNC(=O)CCCCCNC(=O)CCCCC4SCC5NC(=O)NC54)[C@H](OC)C3OC)C(OSOOO)C2OSOOO)[C@H](C(=O)O)O[C@@H]1O[C@H]1C(COS(=O)(=O)O)O[C@@H](OC)C(OSOOO)[C@H]1OSOOO. The van der Waals surface area contributed by atoms with Gasteiger partial charge in [0, 0.05) is 93.1 Å². The fourth-order valence-electron chi connectivity index (χ4n) is 14.2. The highest BCUT2D eigenvalue weighted by Crippen LogP contribution is 2.43. The molecule has 7 fully saturated rings. The summed E-state index contributed by atoms with van der Waals surface area (Å²) in [5.74, 6) is -4.01. The van der Waals surface area contributed by atoms with E-state index in [1.165, 1.54) is 0 Å². The molecule has 14 N–H and O–H groups in total. The number of nitrogens with one attached hydrogen (secondary N) is 5. The van der Waals surface area contributed by atoms with Crippen LogP contribution in [0, 0.1) is 0 Å². The molecule has 720 valence electrons. The Morgan fingerprint density at radius 1 is 0.419 bits per heavy atom. The number of hydrogen-bond donors (Lipinski definition) is 14. The molecule has 124 heavy (non-hydrogen) atoms. The molecule has 0 saturated carbocycles. The molecule has 7 heterocycles. The molecule has 7 saturated heterocycles. The zero-order valence-electron chi connectivity index (χ0n) is 66.2. The summed E-state index contributed by atoms with van der Waals surface area (Å²) in [4.78, 5) is 78.4. The highest BCUT2D eigenvalue weighted by molar-refractivity contribution is 8.00. The van der Waals surface area contributed by atoms with Crippen LogP contribution in [0.1, 0.15) is 77.0 Å². The summed E-state index contributed by atoms with van der Waals surface area (Å²) >= 11 is 0.922. The van der Waals surface area contributed by atoms with Gasteiger partial charge in [0.1, 0.15) is 97.6 Å². The van der Waals surface area contributed by atoms with Crippen molar-refractivity contribution in [2.75, 3.05) is 88.4 Å². The minimum absolute atomic E-state index is 0.0599. The van der Waals surface area contributed by atoms with Gasteiger partial charge >= 0.3 is 49.2 Å². The van der Waals surface area contributed by atoms with E-state index >= 15 is 0 Å². The molecule has 7 aliphatic rings. The number of methoxy groups -OCH3 is 7. The minimum Gasteiger partial charge on any atom is -0.479 e. The molecule has 0 spiro atoms. The standard InChI is InChI=1S/C59H99N5O52S8/c1-86-36-27(22-93-122(77,78)79)96-54(35(39(36)87-2)63-33(67)19-11-9-15-21-60-31(65)17-10-8-14-20-61-32(66)18-13-12-16-30-34-26(25-117-30)62-59(72)64-34)101-42-40(88-3)48(90-5)56(103-46(42)52(68)69)100-38-29(24-95-124(83,84)85)98-58(51(108-121-116-112-76)45(38)106-119-114-110-74)102-43-41(89-4)49(91-6)57(104-47(43)53(70)71)99-37-28(23-94-123(80,81)82)97-55(92-7)50(107-120-115-111-75)44(37)105-118-113-109-73/h26-30,34-51,54-58,73-76H,8-25H2,1-7H3,(H,60,65)(H,61,66)(H,63,67)(H,68,69)(H,70,71)(H2,62,64,72)(H,77,78,79)(H,80,81,82)(H,83,84,85)/t26?,27?,28?,29-,30?,34?,35?,36+,37+,38-,39-,40+,41?,42-,43+,44+,45?,46?,47-,48?,49?,50?,51?,54+,55-,56-,57+,58-/m1/s1. The summed E-state index contributed by atoms with van der Waals surface area (Å²) in [5, 5.41) is 87.8. The van der Waals surface area contributed by atoms with Crippen LogP contribution in [0.5, 0.6) is 0 Å². The maximum absolute atomic E-state index is 14.1. The predicted molar refractivity (Wildman–Crippen MR) is 400 cm³/mol. The molecule has 5 amide bonds. The Balaban J connectivity index is 1.09.